The van der Waals surface area contributed by atoms with Gasteiger partial charge in [-0.3, -0.25) is 9.44 Å². The van der Waals surface area contributed by atoms with Crippen molar-refractivity contribution in [3.05, 3.63) is 124 Å². The van der Waals surface area contributed by atoms with E-state index in [0.717, 1.165) is 0 Å². The largest absolute Gasteiger partial charge is 0.436 e. The Hall–Kier alpha value is -5.73. The first-order valence-electron chi connectivity index (χ1n) is 13.2. The molecule has 0 saturated heterocycles. The van der Waals surface area contributed by atoms with Crippen LogP contribution < -0.4 is 20.7 Å². The topological polar surface area (TPSA) is 179 Å². The highest BCUT2D eigenvalue weighted by molar-refractivity contribution is 7.93. The summed E-state index contributed by atoms with van der Waals surface area (Å²) in [7, 11) is -7.93. The van der Waals surface area contributed by atoms with E-state index in [1.54, 1.807) is 30.3 Å². The fourth-order valence-electron chi connectivity index (χ4n) is 4.66. The molecular formula is C31H19N3O9S2. The molecule has 0 aliphatic heterocycles. The summed E-state index contributed by atoms with van der Waals surface area (Å²) in [4.78, 5) is 27.3. The summed E-state index contributed by atoms with van der Waals surface area (Å²) in [6.07, 6.45) is 0. The predicted octanol–water partition coefficient (Wildman–Crippen LogP) is 5.31. The second-order valence-electron chi connectivity index (χ2n) is 9.90. The number of aromatic nitrogens is 1. The van der Waals surface area contributed by atoms with E-state index < -0.39 is 31.3 Å². The summed E-state index contributed by atoms with van der Waals surface area (Å²) in [6.45, 7) is 0. The Bertz CT molecular complexity index is 2620. The van der Waals surface area contributed by atoms with E-state index in [9.17, 15) is 26.4 Å². The Morgan fingerprint density at radius 1 is 0.511 bits per heavy atom. The van der Waals surface area contributed by atoms with E-state index in [0.29, 0.717) is 33.1 Å². The molecule has 224 valence electrons. The van der Waals surface area contributed by atoms with Gasteiger partial charge in [-0.15, -0.1) is 0 Å². The summed E-state index contributed by atoms with van der Waals surface area (Å²) >= 11 is 0. The predicted molar refractivity (Wildman–Crippen MR) is 166 cm³/mol. The quantitative estimate of drug-likeness (QED) is 0.217. The van der Waals surface area contributed by atoms with E-state index in [1.807, 2.05) is 0 Å². The molecule has 12 nitrogen and oxygen atoms in total. The third-order valence-corrected chi connectivity index (χ3v) is 9.58. The number of nitrogens with one attached hydrogen (secondary N) is 2. The van der Waals surface area contributed by atoms with Gasteiger partial charge in [-0.1, -0.05) is 0 Å². The van der Waals surface area contributed by atoms with Gasteiger partial charge >= 0.3 is 11.3 Å². The van der Waals surface area contributed by atoms with Gasteiger partial charge in [0, 0.05) is 34.2 Å². The van der Waals surface area contributed by atoms with Crippen LogP contribution in [0.5, 0.6) is 0 Å². The van der Waals surface area contributed by atoms with Crippen LogP contribution in [0.15, 0.2) is 136 Å². The van der Waals surface area contributed by atoms with E-state index in [4.69, 9.17) is 13.3 Å². The molecule has 3 heterocycles. The molecule has 0 unspecified atom stereocenters. The third kappa shape index (κ3) is 5.55. The average molecular weight is 642 g/mol. The fourth-order valence-corrected chi connectivity index (χ4v) is 6.84. The second-order valence-corrected chi connectivity index (χ2v) is 13.3. The van der Waals surface area contributed by atoms with Crippen LogP contribution in [0.25, 0.3) is 44.5 Å². The summed E-state index contributed by atoms with van der Waals surface area (Å²) in [5.41, 5.74) is 1.38. The zero-order valence-electron chi connectivity index (χ0n) is 22.8. The third-order valence-electron chi connectivity index (χ3n) is 6.83. The zero-order valence-corrected chi connectivity index (χ0v) is 24.4. The molecule has 0 aliphatic rings. The Kier molecular flexibility index (Phi) is 6.53. The average Bonchev–Trinajstić information content (AvgIpc) is 3.44. The molecule has 0 amide bonds. The van der Waals surface area contributed by atoms with Crippen LogP contribution in [0.1, 0.15) is 0 Å². The SMILES string of the molecule is O=c1ccc2cc(S(=O)(=O)Nc3ccc(-c4nc5cc(NS(=O)(=O)c6ccc7oc(=O)ccc7c6)ccc5o4)cc3)ccc2o1. The maximum atomic E-state index is 13.1. The second kappa shape index (κ2) is 10.5. The van der Waals surface area contributed by atoms with Gasteiger partial charge in [0.15, 0.2) is 5.58 Å². The van der Waals surface area contributed by atoms with Crippen LogP contribution in [-0.4, -0.2) is 21.8 Å². The van der Waals surface area contributed by atoms with Crippen molar-refractivity contribution in [2.24, 2.45) is 0 Å². The van der Waals surface area contributed by atoms with Gasteiger partial charge in [-0.2, -0.15) is 0 Å². The van der Waals surface area contributed by atoms with Crippen LogP contribution in [0.2, 0.25) is 0 Å². The number of oxazole rings is 1. The number of anilines is 2. The van der Waals surface area contributed by atoms with Gasteiger partial charge in [0.05, 0.1) is 15.5 Å². The zero-order chi connectivity index (χ0) is 31.3. The van der Waals surface area contributed by atoms with Gasteiger partial charge in [0.1, 0.15) is 16.7 Å². The van der Waals surface area contributed by atoms with Crippen LogP contribution in [0.3, 0.4) is 0 Å². The first-order valence-corrected chi connectivity index (χ1v) is 16.1. The molecule has 0 spiro atoms. The number of hydrogen-bond acceptors (Lipinski definition) is 10. The van der Waals surface area contributed by atoms with Crippen LogP contribution >= 0.6 is 0 Å². The lowest BCUT2D eigenvalue weighted by Gasteiger charge is -2.09. The van der Waals surface area contributed by atoms with Crippen molar-refractivity contribution in [3.63, 3.8) is 0 Å². The van der Waals surface area contributed by atoms with E-state index >= 15 is 0 Å². The molecule has 0 radical (unpaired) electrons. The van der Waals surface area contributed by atoms with Gasteiger partial charge < -0.3 is 13.3 Å². The molecule has 4 aromatic carbocycles. The maximum absolute atomic E-state index is 13.1. The Labute approximate surface area is 253 Å². The van der Waals surface area contributed by atoms with Crippen molar-refractivity contribution in [1.82, 2.24) is 4.98 Å². The number of sulfonamides is 2. The van der Waals surface area contributed by atoms with Crippen LogP contribution in [-0.2, 0) is 20.0 Å². The summed E-state index contributed by atoms with van der Waals surface area (Å²) in [6, 6.07) is 24.7. The molecule has 0 bridgehead atoms. The molecule has 0 atom stereocenters. The highest BCUT2D eigenvalue weighted by Gasteiger charge is 2.18. The van der Waals surface area contributed by atoms with Gasteiger partial charge in [0.25, 0.3) is 20.0 Å². The number of fused-ring (bicyclic) bond motifs is 3. The molecule has 0 aliphatic carbocycles. The highest BCUT2D eigenvalue weighted by Crippen LogP contribution is 2.29. The molecule has 3 aromatic heterocycles. The normalized spacial score (nSPS) is 12.1. The number of benzene rings is 4. The highest BCUT2D eigenvalue weighted by atomic mass is 32.2. The first kappa shape index (κ1) is 28.1. The first-order chi connectivity index (χ1) is 21.5. The summed E-state index contributed by atoms with van der Waals surface area (Å²) in [5.74, 6) is 0.242. The Balaban J connectivity index is 1.09. The number of hydrogen-bond donors (Lipinski definition) is 2. The molecule has 0 saturated carbocycles. The van der Waals surface area contributed by atoms with Gasteiger partial charge in [-0.05, 0) is 91.0 Å². The summed E-state index contributed by atoms with van der Waals surface area (Å²) < 4.78 is 73.1. The minimum atomic E-state index is -3.98. The van der Waals surface area contributed by atoms with Crippen LogP contribution in [0.4, 0.5) is 11.4 Å². The molecule has 2 N–H and O–H groups in total. The van der Waals surface area contributed by atoms with Crippen molar-refractivity contribution in [1.29, 1.82) is 0 Å². The smallest absolute Gasteiger partial charge is 0.336 e. The minimum Gasteiger partial charge on any atom is -0.436 e. The van der Waals surface area contributed by atoms with Crippen molar-refractivity contribution in [2.75, 3.05) is 9.44 Å². The monoisotopic (exact) mass is 641 g/mol. The molecule has 45 heavy (non-hydrogen) atoms. The molecule has 7 rings (SSSR count). The lowest BCUT2D eigenvalue weighted by Crippen LogP contribution is -2.13. The fraction of sp³-hybridized carbons (Fsp3) is 0. The minimum absolute atomic E-state index is 0.00716. The van der Waals surface area contributed by atoms with E-state index in [-0.39, 0.29) is 32.5 Å². The Morgan fingerprint density at radius 3 is 1.60 bits per heavy atom. The van der Waals surface area contributed by atoms with Crippen molar-refractivity contribution < 1.29 is 30.1 Å². The van der Waals surface area contributed by atoms with Crippen molar-refractivity contribution in [3.8, 4) is 11.5 Å². The molecule has 7 aromatic rings. The molecule has 0 fully saturated rings. The van der Waals surface area contributed by atoms with Crippen LogP contribution in [0, 0.1) is 0 Å². The summed E-state index contributed by atoms with van der Waals surface area (Å²) in [5, 5.41) is 0.919. The maximum Gasteiger partial charge on any atom is 0.336 e. The number of nitrogens with zero attached hydrogens (tertiary/aromatic N) is 1. The van der Waals surface area contributed by atoms with Crippen molar-refractivity contribution >= 4 is 64.5 Å². The van der Waals surface area contributed by atoms with Crippen molar-refractivity contribution in [2.45, 2.75) is 9.79 Å². The molecule has 14 heteroatoms. The van der Waals surface area contributed by atoms with Gasteiger partial charge in [0.2, 0.25) is 5.89 Å². The van der Waals surface area contributed by atoms with E-state index in [2.05, 4.69) is 14.4 Å². The Morgan fingerprint density at radius 2 is 1.02 bits per heavy atom. The molecular weight excluding hydrogens is 622 g/mol. The van der Waals surface area contributed by atoms with Gasteiger partial charge in [-0.25, -0.2) is 31.4 Å². The lowest BCUT2D eigenvalue weighted by atomic mass is 10.2. The number of rotatable bonds is 7. The van der Waals surface area contributed by atoms with E-state index in [1.165, 1.54) is 72.8 Å². The lowest BCUT2D eigenvalue weighted by molar-refractivity contribution is 0.560. The standard InChI is InChI=1S/C31H19N3O9S2/c35-29-13-3-19-15-23(8-11-26(19)41-29)44(37,38)33-21-5-1-18(2-6-21)31-32-25-17-22(7-10-28(25)43-31)34-45(39,40)24-9-12-27-20(16-24)4-14-30(36)42-27/h1-17,33-34H.